The van der Waals surface area contributed by atoms with E-state index in [1.807, 2.05) is 19.9 Å². The topological polar surface area (TPSA) is 64.3 Å². The van der Waals surface area contributed by atoms with E-state index < -0.39 is 17.2 Å². The van der Waals surface area contributed by atoms with Crippen molar-refractivity contribution in [3.63, 3.8) is 0 Å². The summed E-state index contributed by atoms with van der Waals surface area (Å²) in [5, 5.41) is 18.4. The number of carboxylic acid groups (broad SMARTS) is 1. The molecule has 21 heavy (non-hydrogen) atoms. The summed E-state index contributed by atoms with van der Waals surface area (Å²) in [5.41, 5.74) is -0.291. The fourth-order valence-electron chi connectivity index (χ4n) is 2.80. The molecule has 0 bridgehead atoms. The Hall–Kier alpha value is -1.61. The average Bonchev–Trinajstić information content (AvgIpc) is 2.88. The summed E-state index contributed by atoms with van der Waals surface area (Å²) < 4.78 is 14.5. The molecule has 1 aromatic rings. The zero-order valence-corrected chi connectivity index (χ0v) is 13.4. The Balaban J connectivity index is 2.37. The Morgan fingerprint density at radius 3 is 2.71 bits per heavy atom. The van der Waals surface area contributed by atoms with E-state index in [0.29, 0.717) is 18.7 Å². The maximum Gasteiger partial charge on any atom is 0.311 e. The van der Waals surface area contributed by atoms with Crippen molar-refractivity contribution in [1.82, 2.24) is 0 Å². The van der Waals surface area contributed by atoms with Gasteiger partial charge in [-0.1, -0.05) is 13.8 Å². The number of carboxylic acids is 1. The van der Waals surface area contributed by atoms with Crippen LogP contribution in [-0.2, 0) is 4.79 Å². The van der Waals surface area contributed by atoms with Crippen LogP contribution in [0.25, 0.3) is 0 Å². The number of rotatable bonds is 3. The monoisotopic (exact) mass is 354 g/mol. The molecule has 1 unspecified atom stereocenters. The van der Waals surface area contributed by atoms with Gasteiger partial charge in [-0.25, -0.2) is 4.39 Å². The molecule has 1 N–H and O–H groups in total. The van der Waals surface area contributed by atoms with Gasteiger partial charge < -0.3 is 10.0 Å². The summed E-state index contributed by atoms with van der Waals surface area (Å²) >= 11 is 3.08. The predicted octanol–water partition coefficient (Wildman–Crippen LogP) is 3.40. The maximum absolute atomic E-state index is 14.4. The Bertz CT molecular complexity index is 627. The van der Waals surface area contributed by atoms with E-state index >= 15 is 0 Å². The molecule has 1 atom stereocenters. The van der Waals surface area contributed by atoms with Crippen molar-refractivity contribution in [2.75, 3.05) is 18.0 Å². The van der Waals surface area contributed by atoms with Gasteiger partial charge in [0.1, 0.15) is 6.07 Å². The number of hydrogen-bond acceptors (Lipinski definition) is 3. The minimum absolute atomic E-state index is 0.0371. The van der Waals surface area contributed by atoms with E-state index in [0.717, 1.165) is 0 Å². The van der Waals surface area contributed by atoms with Gasteiger partial charge in [0.25, 0.3) is 0 Å². The highest BCUT2D eigenvalue weighted by molar-refractivity contribution is 9.10. The average molecular weight is 355 g/mol. The summed E-state index contributed by atoms with van der Waals surface area (Å²) in [7, 11) is 0. The molecule has 0 aromatic heterocycles. The van der Waals surface area contributed by atoms with Gasteiger partial charge in [0, 0.05) is 13.1 Å². The highest BCUT2D eigenvalue weighted by Crippen LogP contribution is 2.41. The van der Waals surface area contributed by atoms with Crippen LogP contribution >= 0.6 is 15.9 Å². The minimum Gasteiger partial charge on any atom is -0.481 e. The lowest BCUT2D eigenvalue weighted by Gasteiger charge is -2.29. The molecular weight excluding hydrogens is 339 g/mol. The van der Waals surface area contributed by atoms with Crippen molar-refractivity contribution in [3.05, 3.63) is 28.0 Å². The zero-order valence-electron chi connectivity index (χ0n) is 11.9. The molecule has 1 fully saturated rings. The summed E-state index contributed by atoms with van der Waals surface area (Å²) in [6.07, 6.45) is 0.483. The molecule has 1 aliphatic rings. The van der Waals surface area contributed by atoms with Gasteiger partial charge in [0.05, 0.1) is 21.1 Å². The van der Waals surface area contributed by atoms with Crippen molar-refractivity contribution in [3.8, 4) is 6.07 Å². The van der Waals surface area contributed by atoms with Crippen LogP contribution in [0.5, 0.6) is 0 Å². The highest BCUT2D eigenvalue weighted by atomic mass is 79.9. The van der Waals surface area contributed by atoms with Gasteiger partial charge in [0.2, 0.25) is 0 Å². The normalized spacial score (nSPS) is 21.6. The van der Waals surface area contributed by atoms with Crippen LogP contribution in [-0.4, -0.2) is 24.2 Å². The zero-order chi connectivity index (χ0) is 15.8. The Kier molecular flexibility index (Phi) is 4.24. The molecule has 2 rings (SSSR count). The second-order valence-corrected chi connectivity index (χ2v) is 6.45. The summed E-state index contributed by atoms with van der Waals surface area (Å²) in [6, 6.07) is 4.99. The lowest BCUT2D eigenvalue weighted by Crippen LogP contribution is -2.39. The third kappa shape index (κ3) is 2.51. The molecule has 0 amide bonds. The van der Waals surface area contributed by atoms with Crippen LogP contribution in [0, 0.1) is 28.5 Å². The maximum atomic E-state index is 14.4. The molecule has 0 aliphatic carbocycles. The van der Waals surface area contributed by atoms with Crippen LogP contribution in [0.4, 0.5) is 10.1 Å². The Morgan fingerprint density at radius 2 is 2.24 bits per heavy atom. The van der Waals surface area contributed by atoms with E-state index in [1.165, 1.54) is 6.07 Å². The standard InChI is InChI=1S/C15H16BrFN2O2/c1-9(2)15(14(20)21)5-6-19(8-15)11-4-3-10(7-18)12(16)13(11)17/h3-4,9H,5-6,8H2,1-2H3,(H,20,21). The molecule has 1 aliphatic heterocycles. The van der Waals surface area contributed by atoms with Crippen molar-refractivity contribution in [2.24, 2.45) is 11.3 Å². The van der Waals surface area contributed by atoms with E-state index in [-0.39, 0.29) is 22.5 Å². The van der Waals surface area contributed by atoms with Crippen LogP contribution in [0.2, 0.25) is 0 Å². The van der Waals surface area contributed by atoms with Crippen molar-refractivity contribution < 1.29 is 14.3 Å². The SMILES string of the molecule is CC(C)C1(C(=O)O)CCN(c2ccc(C#N)c(Br)c2F)C1. The number of nitriles is 1. The minimum atomic E-state index is -0.854. The van der Waals surface area contributed by atoms with Crippen molar-refractivity contribution >= 4 is 27.6 Å². The third-order valence-electron chi connectivity index (χ3n) is 4.36. The first-order valence-electron chi connectivity index (χ1n) is 6.70. The van der Waals surface area contributed by atoms with Crippen LogP contribution in [0.3, 0.4) is 0 Å². The first-order valence-corrected chi connectivity index (χ1v) is 7.49. The lowest BCUT2D eigenvalue weighted by atomic mass is 9.76. The second kappa shape index (κ2) is 5.64. The Labute approximate surface area is 131 Å². The first kappa shape index (κ1) is 15.8. The molecule has 0 radical (unpaired) electrons. The van der Waals surface area contributed by atoms with E-state index in [9.17, 15) is 14.3 Å². The number of carbonyl (C=O) groups is 1. The number of aliphatic carboxylic acids is 1. The van der Waals surface area contributed by atoms with Gasteiger partial charge in [-0.2, -0.15) is 5.26 Å². The number of hydrogen-bond donors (Lipinski definition) is 1. The second-order valence-electron chi connectivity index (χ2n) is 5.66. The fraction of sp³-hybridized carbons (Fsp3) is 0.467. The molecular formula is C15H16BrFN2O2. The highest BCUT2D eigenvalue weighted by Gasteiger charge is 2.47. The van der Waals surface area contributed by atoms with Crippen LogP contribution in [0.15, 0.2) is 16.6 Å². The van der Waals surface area contributed by atoms with E-state index in [1.54, 1.807) is 11.0 Å². The molecule has 1 heterocycles. The van der Waals surface area contributed by atoms with Gasteiger partial charge >= 0.3 is 5.97 Å². The molecule has 0 saturated carbocycles. The fourth-order valence-corrected chi connectivity index (χ4v) is 3.23. The number of benzene rings is 1. The largest absolute Gasteiger partial charge is 0.481 e. The molecule has 112 valence electrons. The van der Waals surface area contributed by atoms with Gasteiger partial charge in [-0.15, -0.1) is 0 Å². The quantitative estimate of drug-likeness (QED) is 0.903. The smallest absolute Gasteiger partial charge is 0.311 e. The van der Waals surface area contributed by atoms with Crippen LogP contribution in [0.1, 0.15) is 25.8 Å². The van der Waals surface area contributed by atoms with E-state index in [4.69, 9.17) is 5.26 Å². The van der Waals surface area contributed by atoms with Gasteiger partial charge in [-0.3, -0.25) is 4.79 Å². The molecule has 6 heteroatoms. The Morgan fingerprint density at radius 1 is 1.57 bits per heavy atom. The number of anilines is 1. The van der Waals surface area contributed by atoms with Gasteiger partial charge in [0.15, 0.2) is 5.82 Å². The summed E-state index contributed by atoms with van der Waals surface area (Å²) in [6.45, 7) is 4.51. The van der Waals surface area contributed by atoms with Crippen LogP contribution < -0.4 is 4.90 Å². The number of halogens is 2. The van der Waals surface area contributed by atoms with Gasteiger partial charge in [-0.05, 0) is 40.4 Å². The molecule has 0 spiro atoms. The third-order valence-corrected chi connectivity index (χ3v) is 5.13. The van der Waals surface area contributed by atoms with Crippen molar-refractivity contribution in [1.29, 1.82) is 5.26 Å². The summed E-state index contributed by atoms with van der Waals surface area (Å²) in [5.74, 6) is -1.39. The van der Waals surface area contributed by atoms with Crippen molar-refractivity contribution in [2.45, 2.75) is 20.3 Å². The number of nitrogens with zero attached hydrogens (tertiary/aromatic N) is 2. The first-order chi connectivity index (χ1) is 9.83. The molecule has 4 nitrogen and oxygen atoms in total. The summed E-state index contributed by atoms with van der Waals surface area (Å²) in [4.78, 5) is 13.4. The van der Waals surface area contributed by atoms with E-state index in [2.05, 4.69) is 15.9 Å². The lowest BCUT2D eigenvalue weighted by molar-refractivity contribution is -0.150. The molecule has 1 aromatic carbocycles. The predicted molar refractivity (Wildman–Crippen MR) is 80.6 cm³/mol. The molecule has 1 saturated heterocycles.